The molecule has 0 saturated heterocycles. The highest BCUT2D eigenvalue weighted by atomic mass is 19.3. The summed E-state index contributed by atoms with van der Waals surface area (Å²) in [5, 5.41) is 0. The van der Waals surface area contributed by atoms with Crippen molar-refractivity contribution in [1.29, 1.82) is 0 Å². The van der Waals surface area contributed by atoms with Gasteiger partial charge in [-0.3, -0.25) is 0 Å². The van der Waals surface area contributed by atoms with Crippen LogP contribution in [0.25, 0.3) is 0 Å². The topological polar surface area (TPSA) is 52.3 Å². The molecular formula is C31H61F2NO2. The third kappa shape index (κ3) is 21.4. The maximum Gasteiger partial charge on any atom is 0.376 e. The number of alkyl halides is 2. The maximum atomic E-state index is 14.3. The van der Waals surface area contributed by atoms with E-state index in [1.807, 2.05) is 0 Å². The van der Waals surface area contributed by atoms with E-state index in [2.05, 4.69) is 20.8 Å². The molecule has 0 aliphatic rings. The number of nitrogens with two attached hydrogens (primary N) is 1. The van der Waals surface area contributed by atoms with Crippen molar-refractivity contribution in [2.75, 3.05) is 6.61 Å². The molecule has 0 amide bonds. The largest absolute Gasteiger partial charge is 0.461 e. The Bertz CT molecular complexity index is 477. The Kier molecular flexibility index (Phi) is 24.1. The maximum absolute atomic E-state index is 14.3. The summed E-state index contributed by atoms with van der Waals surface area (Å²) in [6, 6.07) is 0.227. The summed E-state index contributed by atoms with van der Waals surface area (Å²) in [5.41, 5.74) is 6.21. The summed E-state index contributed by atoms with van der Waals surface area (Å²) >= 11 is 0. The second-order valence-electron chi connectivity index (χ2n) is 11.1. The van der Waals surface area contributed by atoms with Crippen molar-refractivity contribution in [2.45, 2.75) is 180 Å². The van der Waals surface area contributed by atoms with Crippen LogP contribution in [0.2, 0.25) is 0 Å². The molecule has 0 heterocycles. The first kappa shape index (κ1) is 35.3. The predicted octanol–water partition coefficient (Wildman–Crippen LogP) is 10.1. The van der Waals surface area contributed by atoms with Gasteiger partial charge in [0.2, 0.25) is 0 Å². The molecule has 36 heavy (non-hydrogen) atoms. The second-order valence-corrected chi connectivity index (χ2v) is 11.1. The smallest absolute Gasteiger partial charge is 0.376 e. The zero-order valence-corrected chi connectivity index (χ0v) is 24.3. The van der Waals surface area contributed by atoms with Crippen LogP contribution in [0.15, 0.2) is 0 Å². The van der Waals surface area contributed by atoms with Crippen LogP contribution in [0.5, 0.6) is 0 Å². The fourth-order valence-electron chi connectivity index (χ4n) is 4.94. The number of rotatable bonds is 27. The van der Waals surface area contributed by atoms with Crippen molar-refractivity contribution in [3.05, 3.63) is 0 Å². The summed E-state index contributed by atoms with van der Waals surface area (Å²) in [5.74, 6) is -4.23. The Morgan fingerprint density at radius 1 is 0.639 bits per heavy atom. The van der Waals surface area contributed by atoms with Gasteiger partial charge < -0.3 is 10.5 Å². The van der Waals surface area contributed by atoms with Gasteiger partial charge in [-0.2, -0.15) is 8.78 Å². The zero-order chi connectivity index (χ0) is 26.9. The van der Waals surface area contributed by atoms with E-state index in [1.54, 1.807) is 0 Å². The second kappa shape index (κ2) is 24.6. The van der Waals surface area contributed by atoms with Gasteiger partial charge in [0.1, 0.15) is 0 Å². The summed E-state index contributed by atoms with van der Waals surface area (Å²) in [7, 11) is 0. The van der Waals surface area contributed by atoms with E-state index in [-0.39, 0.29) is 12.6 Å². The minimum Gasteiger partial charge on any atom is -0.461 e. The highest BCUT2D eigenvalue weighted by Crippen LogP contribution is 2.26. The number of unbranched alkanes of at least 4 members (excludes halogenated alkanes) is 13. The fourth-order valence-corrected chi connectivity index (χ4v) is 4.94. The van der Waals surface area contributed by atoms with Crippen molar-refractivity contribution >= 4 is 5.97 Å². The Labute approximate surface area is 223 Å². The lowest BCUT2D eigenvalue weighted by molar-refractivity contribution is -0.173. The highest BCUT2D eigenvalue weighted by Gasteiger charge is 2.39. The van der Waals surface area contributed by atoms with Gasteiger partial charge in [-0.05, 0) is 31.6 Å². The molecule has 0 aliphatic carbocycles. The molecule has 1 unspecified atom stereocenters. The first-order chi connectivity index (χ1) is 17.4. The average molecular weight is 518 g/mol. The van der Waals surface area contributed by atoms with E-state index >= 15 is 0 Å². The van der Waals surface area contributed by atoms with E-state index in [9.17, 15) is 13.6 Å². The molecule has 0 radical (unpaired) electrons. The fraction of sp³-hybridized carbons (Fsp3) is 0.968. The van der Waals surface area contributed by atoms with E-state index < -0.39 is 18.3 Å². The number of halogens is 2. The van der Waals surface area contributed by atoms with Crippen molar-refractivity contribution in [3.63, 3.8) is 0 Å². The van der Waals surface area contributed by atoms with E-state index in [1.165, 1.54) is 83.5 Å². The molecule has 0 saturated carbocycles. The number of carbonyl (C=O) groups excluding carboxylic acids is 1. The molecule has 0 fully saturated rings. The lowest BCUT2D eigenvalue weighted by Gasteiger charge is -2.19. The lowest BCUT2D eigenvalue weighted by Crippen LogP contribution is -2.31. The molecule has 0 rings (SSSR count). The van der Waals surface area contributed by atoms with E-state index in [0.717, 1.165) is 38.5 Å². The Hall–Kier alpha value is -0.710. The Morgan fingerprint density at radius 3 is 1.58 bits per heavy atom. The minimum absolute atomic E-state index is 0.119. The predicted molar refractivity (Wildman–Crippen MR) is 151 cm³/mol. The number of hydrogen-bond acceptors (Lipinski definition) is 3. The molecule has 0 aromatic rings. The summed E-state index contributed by atoms with van der Waals surface area (Å²) in [6.07, 6.45) is 23.6. The van der Waals surface area contributed by atoms with Gasteiger partial charge in [0.15, 0.2) is 0 Å². The van der Waals surface area contributed by atoms with Gasteiger partial charge in [0.25, 0.3) is 0 Å². The van der Waals surface area contributed by atoms with Gasteiger partial charge in [-0.1, -0.05) is 136 Å². The first-order valence-electron chi connectivity index (χ1n) is 15.7. The van der Waals surface area contributed by atoms with Crippen molar-refractivity contribution in [1.82, 2.24) is 0 Å². The molecule has 0 bridgehead atoms. The molecular weight excluding hydrogens is 456 g/mol. The van der Waals surface area contributed by atoms with Gasteiger partial charge in [-0.25, -0.2) is 4.79 Å². The molecule has 0 aliphatic heterocycles. The van der Waals surface area contributed by atoms with Gasteiger partial charge >= 0.3 is 11.9 Å². The molecule has 3 nitrogen and oxygen atoms in total. The zero-order valence-electron chi connectivity index (χ0n) is 24.3. The van der Waals surface area contributed by atoms with Gasteiger partial charge in [0.05, 0.1) is 6.61 Å². The van der Waals surface area contributed by atoms with Crippen LogP contribution in [0.3, 0.4) is 0 Å². The molecule has 1 atom stereocenters. The van der Waals surface area contributed by atoms with Crippen LogP contribution in [0.4, 0.5) is 8.78 Å². The standard InChI is InChI=1S/C31H61F2NO2/c1-4-7-10-11-12-13-18-23-29(34)24-19-14-15-20-26-31(32,33)30(35)36-27-25-28(21-16-8-5-2)22-17-9-6-3/h28-29H,4-27,34H2,1-3H3. The third-order valence-electron chi connectivity index (χ3n) is 7.48. The van der Waals surface area contributed by atoms with Gasteiger partial charge in [-0.15, -0.1) is 0 Å². The normalized spacial score (nSPS) is 12.9. The Balaban J connectivity index is 3.91. The van der Waals surface area contributed by atoms with Crippen molar-refractivity contribution in [3.8, 4) is 0 Å². The SMILES string of the molecule is CCCCCCCCCC(N)CCCCCCC(F)(F)C(=O)OCCC(CCCCC)CCCCC. The van der Waals surface area contributed by atoms with Crippen molar-refractivity contribution in [2.24, 2.45) is 11.7 Å². The van der Waals surface area contributed by atoms with E-state index in [4.69, 9.17) is 10.5 Å². The molecule has 0 aromatic heterocycles. The molecule has 0 spiro atoms. The molecule has 5 heteroatoms. The lowest BCUT2D eigenvalue weighted by atomic mass is 9.92. The first-order valence-corrected chi connectivity index (χ1v) is 15.7. The summed E-state index contributed by atoms with van der Waals surface area (Å²) in [4.78, 5) is 12.0. The quantitative estimate of drug-likeness (QED) is 0.0871. The number of esters is 1. The van der Waals surface area contributed by atoms with Crippen LogP contribution in [-0.2, 0) is 9.53 Å². The summed E-state index contributed by atoms with van der Waals surface area (Å²) in [6.45, 7) is 6.72. The van der Waals surface area contributed by atoms with E-state index in [0.29, 0.717) is 25.2 Å². The molecule has 216 valence electrons. The van der Waals surface area contributed by atoms with Crippen LogP contribution in [0, 0.1) is 5.92 Å². The number of hydrogen-bond donors (Lipinski definition) is 1. The molecule has 2 N–H and O–H groups in total. The third-order valence-corrected chi connectivity index (χ3v) is 7.48. The van der Waals surface area contributed by atoms with Crippen molar-refractivity contribution < 1.29 is 18.3 Å². The van der Waals surface area contributed by atoms with Crippen LogP contribution >= 0.6 is 0 Å². The van der Waals surface area contributed by atoms with Crippen LogP contribution in [0.1, 0.15) is 168 Å². The monoisotopic (exact) mass is 517 g/mol. The van der Waals surface area contributed by atoms with Crippen LogP contribution < -0.4 is 5.73 Å². The highest BCUT2D eigenvalue weighted by molar-refractivity contribution is 5.77. The van der Waals surface area contributed by atoms with Crippen LogP contribution in [-0.4, -0.2) is 24.5 Å². The van der Waals surface area contributed by atoms with Gasteiger partial charge in [0, 0.05) is 12.5 Å². The number of ether oxygens (including phenoxy) is 1. The summed E-state index contributed by atoms with van der Waals surface area (Å²) < 4.78 is 33.5. The average Bonchev–Trinajstić information content (AvgIpc) is 2.85. The minimum atomic E-state index is -3.37. The number of carbonyl (C=O) groups is 1. The Morgan fingerprint density at radius 2 is 1.06 bits per heavy atom. The molecule has 0 aromatic carbocycles.